The minimum absolute atomic E-state index is 0.0108. The molecule has 2 saturated carbocycles. The van der Waals surface area contributed by atoms with E-state index in [-0.39, 0.29) is 35.7 Å². The standard InChI is InChI=1S/C46H54N8O6/c55-43(39(51-45(57)58)29-9-3-1-4-10-29)53-23-7-13-37(53)41-47-33-21-19-31(25-35(33)49-41)27-15-17-28(18-16-27)32-20-22-34-36(26-32)50-42(48-34)38-14-8-24-54(38)44(56)40(52-46(59)60)30-11-5-2-6-12-30/h15-22,25-26,29-30,37-40,51-52H,1-14,23-24H2,(H,47,49)(H,48,50)(H,57,58)(H,59,60)/t37-,38-,39-,40-/m0/s1. The number of hydrogen-bond donors (Lipinski definition) is 6. The van der Waals surface area contributed by atoms with Gasteiger partial charge in [-0.25, -0.2) is 19.6 Å². The molecule has 2 aromatic heterocycles. The number of rotatable bonds is 10. The third-order valence-electron chi connectivity index (χ3n) is 13.6. The Hall–Kier alpha value is -5.92. The molecule has 2 saturated heterocycles. The van der Waals surface area contributed by atoms with Gasteiger partial charge in [-0.1, -0.05) is 74.9 Å². The summed E-state index contributed by atoms with van der Waals surface area (Å²) in [5.41, 5.74) is 7.49. The third kappa shape index (κ3) is 8.03. The summed E-state index contributed by atoms with van der Waals surface area (Å²) < 4.78 is 0. The van der Waals surface area contributed by atoms with Crippen LogP contribution in [0.25, 0.3) is 44.3 Å². The fourth-order valence-corrected chi connectivity index (χ4v) is 10.5. The van der Waals surface area contributed by atoms with Crippen molar-refractivity contribution in [2.24, 2.45) is 11.8 Å². The minimum atomic E-state index is -1.16. The van der Waals surface area contributed by atoms with E-state index in [4.69, 9.17) is 9.97 Å². The molecule has 4 fully saturated rings. The highest BCUT2D eigenvalue weighted by Gasteiger charge is 2.41. The van der Waals surface area contributed by atoms with Crippen molar-refractivity contribution in [3.63, 3.8) is 0 Å². The zero-order valence-electron chi connectivity index (χ0n) is 33.9. The van der Waals surface area contributed by atoms with E-state index >= 15 is 0 Å². The van der Waals surface area contributed by atoms with Gasteiger partial charge in [0.2, 0.25) is 11.8 Å². The number of fused-ring (bicyclic) bond motifs is 2. The smallest absolute Gasteiger partial charge is 0.405 e. The number of carboxylic acid groups (broad SMARTS) is 2. The summed E-state index contributed by atoms with van der Waals surface area (Å²) in [6, 6.07) is 18.7. The lowest BCUT2D eigenvalue weighted by molar-refractivity contribution is -0.136. The molecule has 14 nitrogen and oxygen atoms in total. The topological polar surface area (TPSA) is 197 Å². The maximum atomic E-state index is 13.9. The number of hydrogen-bond acceptors (Lipinski definition) is 6. The Kier molecular flexibility index (Phi) is 11.2. The van der Waals surface area contributed by atoms with E-state index in [0.29, 0.717) is 13.1 Å². The Labute approximate surface area is 348 Å². The van der Waals surface area contributed by atoms with Crippen molar-refractivity contribution in [3.8, 4) is 22.3 Å². The molecule has 2 aliphatic heterocycles. The largest absolute Gasteiger partial charge is 0.465 e. The molecule has 5 aromatic rings. The maximum absolute atomic E-state index is 13.9. The summed E-state index contributed by atoms with van der Waals surface area (Å²) >= 11 is 0. The van der Waals surface area contributed by atoms with Crippen LogP contribution >= 0.6 is 0 Å². The molecule has 0 spiro atoms. The number of H-pyrrole nitrogens is 2. The van der Waals surface area contributed by atoms with Gasteiger partial charge in [0.25, 0.3) is 0 Å². The highest BCUT2D eigenvalue weighted by Crippen LogP contribution is 2.38. The fraction of sp³-hybridized carbons (Fsp3) is 0.478. The van der Waals surface area contributed by atoms with Gasteiger partial charge < -0.3 is 40.6 Å². The Morgan fingerprint density at radius 3 is 1.30 bits per heavy atom. The average molecular weight is 815 g/mol. The number of nitrogens with one attached hydrogen (secondary N) is 4. The van der Waals surface area contributed by atoms with E-state index in [1.54, 1.807) is 0 Å². The van der Waals surface area contributed by atoms with E-state index in [9.17, 15) is 29.4 Å². The Bertz CT molecular complexity index is 2210. The number of nitrogens with zero attached hydrogens (tertiary/aromatic N) is 4. The molecule has 2 aliphatic carbocycles. The SMILES string of the molecule is O=C(O)N[C@H](C(=O)N1CCC[C@H]1c1nc2cc(-c3ccc(-c4ccc5[nH]c([C@@H]6CCCN6C(=O)[C@@H](NC(=O)O)C6CCCCC6)nc5c4)cc3)ccc2[nH]1)C1CCCCC1. The van der Waals surface area contributed by atoms with Crippen molar-refractivity contribution in [2.45, 2.75) is 114 Å². The first-order valence-corrected chi connectivity index (χ1v) is 21.9. The molecule has 60 heavy (non-hydrogen) atoms. The van der Waals surface area contributed by atoms with Crippen LogP contribution in [0.15, 0.2) is 60.7 Å². The lowest BCUT2D eigenvalue weighted by atomic mass is 9.83. The first-order valence-electron chi connectivity index (χ1n) is 21.9. The van der Waals surface area contributed by atoms with E-state index in [1.807, 2.05) is 21.9 Å². The number of likely N-dealkylation sites (tertiary alicyclic amines) is 2. The molecule has 0 radical (unpaired) electrons. The molecule has 0 bridgehead atoms. The van der Waals surface area contributed by atoms with Crippen LogP contribution in [0.1, 0.15) is 114 Å². The summed E-state index contributed by atoms with van der Waals surface area (Å²) in [6.07, 6.45) is 10.6. The van der Waals surface area contributed by atoms with Crippen molar-refractivity contribution in [3.05, 3.63) is 72.3 Å². The first kappa shape index (κ1) is 39.5. The van der Waals surface area contributed by atoms with E-state index in [1.165, 1.54) is 0 Å². The van der Waals surface area contributed by atoms with Crippen LogP contribution in [0.4, 0.5) is 9.59 Å². The number of carbonyl (C=O) groups excluding carboxylic acids is 2. The van der Waals surface area contributed by atoms with Gasteiger partial charge >= 0.3 is 12.2 Å². The second-order valence-corrected chi connectivity index (χ2v) is 17.3. The molecule has 4 atom stereocenters. The molecule has 6 N–H and O–H groups in total. The van der Waals surface area contributed by atoms with Gasteiger partial charge in [0, 0.05) is 13.1 Å². The van der Waals surface area contributed by atoms with Crippen molar-refractivity contribution in [2.75, 3.05) is 13.1 Å². The van der Waals surface area contributed by atoms with Gasteiger partial charge in [-0.05, 0) is 110 Å². The zero-order valence-corrected chi connectivity index (χ0v) is 33.9. The molecular weight excluding hydrogens is 761 g/mol. The number of amides is 4. The van der Waals surface area contributed by atoms with E-state index in [2.05, 4.69) is 69.1 Å². The van der Waals surface area contributed by atoms with Crippen molar-refractivity contribution in [1.29, 1.82) is 0 Å². The van der Waals surface area contributed by atoms with E-state index in [0.717, 1.165) is 146 Å². The fourth-order valence-electron chi connectivity index (χ4n) is 10.5. The van der Waals surface area contributed by atoms with Crippen LogP contribution in [0, 0.1) is 11.8 Å². The number of carbonyl (C=O) groups is 4. The molecule has 0 unspecified atom stereocenters. The Morgan fingerprint density at radius 2 is 0.917 bits per heavy atom. The first-order chi connectivity index (χ1) is 29.2. The van der Waals surface area contributed by atoms with Crippen LogP contribution in [-0.4, -0.2) is 89.1 Å². The predicted molar refractivity (Wildman–Crippen MR) is 227 cm³/mol. The van der Waals surface area contributed by atoms with Crippen LogP contribution in [-0.2, 0) is 9.59 Å². The second kappa shape index (κ2) is 17.0. The lowest BCUT2D eigenvalue weighted by Crippen LogP contribution is -2.52. The van der Waals surface area contributed by atoms with Crippen LogP contribution in [0.3, 0.4) is 0 Å². The molecule has 3 aromatic carbocycles. The molecule has 9 rings (SSSR count). The van der Waals surface area contributed by atoms with Gasteiger partial charge in [-0.3, -0.25) is 9.59 Å². The van der Waals surface area contributed by atoms with Crippen LogP contribution < -0.4 is 10.6 Å². The second-order valence-electron chi connectivity index (χ2n) is 17.3. The van der Waals surface area contributed by atoms with Crippen LogP contribution in [0.5, 0.6) is 0 Å². The molecule has 314 valence electrons. The quantitative estimate of drug-likeness (QED) is 0.0807. The minimum Gasteiger partial charge on any atom is -0.465 e. The van der Waals surface area contributed by atoms with Crippen molar-refractivity contribution >= 4 is 46.1 Å². The molecule has 14 heteroatoms. The van der Waals surface area contributed by atoms with Gasteiger partial charge in [-0.15, -0.1) is 0 Å². The Balaban J connectivity index is 0.897. The highest BCUT2D eigenvalue weighted by atomic mass is 16.4. The van der Waals surface area contributed by atoms with Gasteiger partial charge in [0.1, 0.15) is 23.7 Å². The summed E-state index contributed by atoms with van der Waals surface area (Å²) in [5.74, 6) is 1.17. The van der Waals surface area contributed by atoms with E-state index < -0.39 is 24.3 Å². The number of imidazole rings is 2. The van der Waals surface area contributed by atoms with Gasteiger partial charge in [0.15, 0.2) is 0 Å². The molecule has 4 amide bonds. The predicted octanol–water partition coefficient (Wildman–Crippen LogP) is 8.53. The Morgan fingerprint density at radius 1 is 0.533 bits per heavy atom. The third-order valence-corrected chi connectivity index (χ3v) is 13.6. The summed E-state index contributed by atoms with van der Waals surface area (Å²) in [5, 5.41) is 24.3. The monoisotopic (exact) mass is 814 g/mol. The molecule has 4 heterocycles. The number of benzene rings is 3. The zero-order chi connectivity index (χ0) is 41.3. The van der Waals surface area contributed by atoms with Gasteiger partial charge in [-0.2, -0.15) is 0 Å². The number of aromatic amines is 2. The van der Waals surface area contributed by atoms with Gasteiger partial charge in [0.05, 0.1) is 34.2 Å². The normalized spacial score (nSPS) is 21.3. The van der Waals surface area contributed by atoms with Crippen molar-refractivity contribution in [1.82, 2.24) is 40.4 Å². The average Bonchev–Trinajstić information content (AvgIpc) is 4.10. The molecule has 4 aliphatic rings. The summed E-state index contributed by atoms with van der Waals surface area (Å²) in [4.78, 5) is 71.9. The highest BCUT2D eigenvalue weighted by molar-refractivity contribution is 5.88. The summed E-state index contributed by atoms with van der Waals surface area (Å²) in [7, 11) is 0. The lowest BCUT2D eigenvalue weighted by Gasteiger charge is -2.33. The van der Waals surface area contributed by atoms with Crippen molar-refractivity contribution < 1.29 is 29.4 Å². The maximum Gasteiger partial charge on any atom is 0.405 e. The molecular formula is C46H54N8O6. The summed E-state index contributed by atoms with van der Waals surface area (Å²) in [6.45, 7) is 1.15. The number of aromatic nitrogens is 4. The van der Waals surface area contributed by atoms with Crippen LogP contribution in [0.2, 0.25) is 0 Å².